The standard InChI is InChI=1S/C11H12FN3O3/c1-2-18-11(17)9(13)14-15-10(16)7-5-3-4-6-8(7)12/h3-6H,2H2,1H3,(H2,13,14)(H,15,16). The zero-order valence-electron chi connectivity index (χ0n) is 9.64. The van der Waals surface area contributed by atoms with Crippen molar-refractivity contribution in [2.75, 3.05) is 6.61 Å². The van der Waals surface area contributed by atoms with Crippen LogP contribution in [0.3, 0.4) is 0 Å². The minimum Gasteiger partial charge on any atom is -0.460 e. The number of benzene rings is 1. The van der Waals surface area contributed by atoms with Crippen molar-refractivity contribution in [3.63, 3.8) is 0 Å². The van der Waals surface area contributed by atoms with Crippen molar-refractivity contribution in [3.8, 4) is 0 Å². The van der Waals surface area contributed by atoms with E-state index in [2.05, 4.69) is 9.84 Å². The second kappa shape index (κ2) is 6.33. The molecule has 1 aromatic rings. The number of hydrazone groups is 1. The van der Waals surface area contributed by atoms with Crippen molar-refractivity contribution in [1.29, 1.82) is 0 Å². The molecule has 0 spiro atoms. The van der Waals surface area contributed by atoms with Crippen LogP contribution in [0.25, 0.3) is 0 Å². The number of hydrogen-bond acceptors (Lipinski definition) is 4. The quantitative estimate of drug-likeness (QED) is 0.352. The lowest BCUT2D eigenvalue weighted by molar-refractivity contribution is -0.135. The van der Waals surface area contributed by atoms with Gasteiger partial charge >= 0.3 is 5.97 Å². The fraction of sp³-hybridized carbons (Fsp3) is 0.182. The van der Waals surface area contributed by atoms with Gasteiger partial charge in [-0.05, 0) is 19.1 Å². The number of nitrogens with two attached hydrogens (primary N) is 1. The van der Waals surface area contributed by atoms with Crippen LogP contribution in [0.1, 0.15) is 17.3 Å². The molecule has 18 heavy (non-hydrogen) atoms. The minimum atomic E-state index is -0.855. The van der Waals surface area contributed by atoms with Gasteiger partial charge in [-0.15, -0.1) is 5.10 Å². The van der Waals surface area contributed by atoms with Crippen molar-refractivity contribution < 1.29 is 18.7 Å². The average molecular weight is 253 g/mol. The SMILES string of the molecule is CCOC(=O)/C(N)=N/NC(=O)c1ccccc1F. The maximum Gasteiger partial charge on any atom is 0.375 e. The summed E-state index contributed by atoms with van der Waals surface area (Å²) in [7, 11) is 0. The van der Waals surface area contributed by atoms with E-state index in [4.69, 9.17) is 5.73 Å². The first-order valence-electron chi connectivity index (χ1n) is 5.11. The fourth-order valence-corrected chi connectivity index (χ4v) is 1.07. The van der Waals surface area contributed by atoms with Crippen LogP contribution in [0.5, 0.6) is 0 Å². The summed E-state index contributed by atoms with van der Waals surface area (Å²) in [5, 5.41) is 3.31. The van der Waals surface area contributed by atoms with Gasteiger partial charge in [0, 0.05) is 0 Å². The molecule has 7 heteroatoms. The molecule has 0 saturated carbocycles. The van der Waals surface area contributed by atoms with Gasteiger partial charge in [-0.2, -0.15) is 0 Å². The minimum absolute atomic E-state index is 0.135. The van der Waals surface area contributed by atoms with E-state index in [1.807, 2.05) is 5.43 Å². The van der Waals surface area contributed by atoms with E-state index in [0.29, 0.717) is 0 Å². The predicted molar refractivity (Wildman–Crippen MR) is 62.1 cm³/mol. The number of amidine groups is 1. The van der Waals surface area contributed by atoms with Crippen molar-refractivity contribution in [2.45, 2.75) is 6.92 Å². The van der Waals surface area contributed by atoms with E-state index in [-0.39, 0.29) is 12.2 Å². The summed E-state index contributed by atoms with van der Waals surface area (Å²) < 4.78 is 17.8. The first-order valence-corrected chi connectivity index (χ1v) is 5.11. The largest absolute Gasteiger partial charge is 0.460 e. The molecule has 0 aliphatic carbocycles. The zero-order valence-corrected chi connectivity index (χ0v) is 9.64. The van der Waals surface area contributed by atoms with Crippen LogP contribution in [-0.4, -0.2) is 24.3 Å². The van der Waals surface area contributed by atoms with Crippen molar-refractivity contribution in [3.05, 3.63) is 35.6 Å². The lowest BCUT2D eigenvalue weighted by atomic mass is 10.2. The van der Waals surface area contributed by atoms with Gasteiger partial charge in [0.25, 0.3) is 5.91 Å². The maximum atomic E-state index is 13.2. The van der Waals surface area contributed by atoms with Gasteiger partial charge in [-0.25, -0.2) is 14.6 Å². The third-order valence-corrected chi connectivity index (χ3v) is 1.88. The number of halogens is 1. The molecule has 0 atom stereocenters. The van der Waals surface area contributed by atoms with Gasteiger partial charge in [-0.3, -0.25) is 4.79 Å². The van der Waals surface area contributed by atoms with E-state index in [9.17, 15) is 14.0 Å². The van der Waals surface area contributed by atoms with Crippen LogP contribution in [0.2, 0.25) is 0 Å². The number of nitrogens with zero attached hydrogens (tertiary/aromatic N) is 1. The Morgan fingerprint density at radius 2 is 2.11 bits per heavy atom. The van der Waals surface area contributed by atoms with E-state index < -0.39 is 23.5 Å². The van der Waals surface area contributed by atoms with Gasteiger partial charge in [0.2, 0.25) is 5.84 Å². The highest BCUT2D eigenvalue weighted by Crippen LogP contribution is 2.05. The summed E-state index contributed by atoms with van der Waals surface area (Å²) >= 11 is 0. The second-order valence-electron chi connectivity index (χ2n) is 3.14. The molecular formula is C11H12FN3O3. The number of nitrogens with one attached hydrogen (secondary N) is 1. The smallest absolute Gasteiger partial charge is 0.375 e. The highest BCUT2D eigenvalue weighted by molar-refractivity contribution is 6.34. The number of amides is 1. The molecule has 0 bridgehead atoms. The Morgan fingerprint density at radius 3 is 2.72 bits per heavy atom. The third kappa shape index (κ3) is 3.55. The Kier molecular flexibility index (Phi) is 4.79. The van der Waals surface area contributed by atoms with Gasteiger partial charge in [-0.1, -0.05) is 12.1 Å². The maximum absolute atomic E-state index is 13.2. The van der Waals surface area contributed by atoms with Crippen LogP contribution in [0.15, 0.2) is 29.4 Å². The number of hydrogen-bond donors (Lipinski definition) is 2. The number of carbonyl (C=O) groups is 2. The fourth-order valence-electron chi connectivity index (χ4n) is 1.07. The third-order valence-electron chi connectivity index (χ3n) is 1.88. The number of esters is 1. The monoisotopic (exact) mass is 253 g/mol. The summed E-state index contributed by atoms with van der Waals surface area (Å²) in [6, 6.07) is 5.35. The first-order chi connectivity index (χ1) is 8.56. The topological polar surface area (TPSA) is 93.8 Å². The lowest BCUT2D eigenvalue weighted by Crippen LogP contribution is -2.31. The Labute approximate surface area is 103 Å². The lowest BCUT2D eigenvalue weighted by Gasteiger charge is -2.03. The molecule has 1 amide bonds. The Bertz CT molecular complexity index is 488. The van der Waals surface area contributed by atoms with Crippen LogP contribution < -0.4 is 11.2 Å². The summed E-state index contributed by atoms with van der Waals surface area (Å²) in [5.41, 5.74) is 7.00. The molecule has 0 fully saturated rings. The molecule has 0 radical (unpaired) electrons. The first kappa shape index (κ1) is 13.6. The van der Waals surface area contributed by atoms with E-state index in [1.54, 1.807) is 6.92 Å². The summed E-state index contributed by atoms with van der Waals surface area (Å²) in [6.07, 6.45) is 0. The van der Waals surface area contributed by atoms with E-state index >= 15 is 0 Å². The summed E-state index contributed by atoms with van der Waals surface area (Å²) in [6.45, 7) is 1.74. The molecule has 0 aromatic heterocycles. The molecule has 0 unspecified atom stereocenters. The van der Waals surface area contributed by atoms with Crippen LogP contribution in [0, 0.1) is 5.82 Å². The van der Waals surface area contributed by atoms with E-state index in [1.165, 1.54) is 18.2 Å². The molecular weight excluding hydrogens is 241 g/mol. The molecule has 1 rings (SSSR count). The Hall–Kier alpha value is -2.44. The zero-order chi connectivity index (χ0) is 13.5. The predicted octanol–water partition coefficient (Wildman–Crippen LogP) is 0.391. The van der Waals surface area contributed by atoms with Crippen molar-refractivity contribution in [2.24, 2.45) is 10.8 Å². The van der Waals surface area contributed by atoms with E-state index in [0.717, 1.165) is 6.07 Å². The normalized spacial score (nSPS) is 10.9. The number of ether oxygens (including phenoxy) is 1. The highest BCUT2D eigenvalue weighted by Gasteiger charge is 2.12. The number of carbonyl (C=O) groups excluding carboxylic acids is 2. The van der Waals surface area contributed by atoms with Gasteiger partial charge in [0.15, 0.2) is 0 Å². The van der Waals surface area contributed by atoms with Gasteiger partial charge in [0.1, 0.15) is 5.82 Å². The van der Waals surface area contributed by atoms with Crippen LogP contribution >= 0.6 is 0 Å². The Morgan fingerprint density at radius 1 is 1.44 bits per heavy atom. The molecule has 3 N–H and O–H groups in total. The number of rotatable bonds is 3. The second-order valence-corrected chi connectivity index (χ2v) is 3.14. The summed E-state index contributed by atoms with van der Waals surface area (Å²) in [5.74, 6) is -2.87. The molecule has 96 valence electrons. The average Bonchev–Trinajstić information content (AvgIpc) is 2.36. The van der Waals surface area contributed by atoms with Crippen LogP contribution in [-0.2, 0) is 9.53 Å². The molecule has 6 nitrogen and oxygen atoms in total. The van der Waals surface area contributed by atoms with Crippen molar-refractivity contribution in [1.82, 2.24) is 5.43 Å². The Balaban J connectivity index is 2.69. The molecule has 1 aromatic carbocycles. The molecule has 0 aliphatic rings. The van der Waals surface area contributed by atoms with Crippen molar-refractivity contribution >= 4 is 17.7 Å². The molecule has 0 heterocycles. The van der Waals surface area contributed by atoms with Gasteiger partial charge < -0.3 is 10.5 Å². The molecule has 0 saturated heterocycles. The highest BCUT2D eigenvalue weighted by atomic mass is 19.1. The summed E-state index contributed by atoms with van der Waals surface area (Å²) in [4.78, 5) is 22.5. The van der Waals surface area contributed by atoms with Crippen LogP contribution in [0.4, 0.5) is 4.39 Å². The molecule has 0 aliphatic heterocycles. The van der Waals surface area contributed by atoms with Gasteiger partial charge in [0.05, 0.1) is 12.2 Å².